The molecule has 3 rings (SSSR count). The molecule has 0 atom stereocenters. The Balaban J connectivity index is 1.90. The molecule has 3 aromatic rings. The van der Waals surface area contributed by atoms with E-state index in [2.05, 4.69) is 5.32 Å². The monoisotopic (exact) mass is 531 g/mol. The highest BCUT2D eigenvalue weighted by Gasteiger charge is 2.17. The van der Waals surface area contributed by atoms with Gasteiger partial charge in [0.1, 0.15) is 17.1 Å². The molecule has 0 heterocycles. The molecule has 7 heteroatoms. The quantitative estimate of drug-likeness (QED) is 0.172. The summed E-state index contributed by atoms with van der Waals surface area (Å²) in [4.78, 5) is 24.2. The average molecular weight is 532 g/mol. The number of aliphatic hydroxyl groups is 1. The zero-order chi connectivity index (χ0) is 28.6. The first-order valence-corrected chi connectivity index (χ1v) is 12.9. The Kier molecular flexibility index (Phi) is 9.77. The number of amides is 1. The van der Waals surface area contributed by atoms with Crippen LogP contribution in [0, 0.1) is 0 Å². The van der Waals surface area contributed by atoms with Gasteiger partial charge in [0.2, 0.25) is 0 Å². The number of nitrogens with one attached hydrogen (secondary N) is 1. The smallest absolute Gasteiger partial charge is 0.407 e. The van der Waals surface area contributed by atoms with Crippen LogP contribution in [0.4, 0.5) is 4.79 Å². The number of carbonyl (C=O) groups excluding carboxylic acids is 2. The van der Waals surface area contributed by atoms with E-state index in [0.717, 1.165) is 21.9 Å². The maximum absolute atomic E-state index is 12.1. The summed E-state index contributed by atoms with van der Waals surface area (Å²) in [6, 6.07) is 19.2. The van der Waals surface area contributed by atoms with E-state index in [1.807, 2.05) is 88.4 Å². The van der Waals surface area contributed by atoms with Crippen LogP contribution >= 0.6 is 0 Å². The Labute approximate surface area is 230 Å². The van der Waals surface area contributed by atoms with Crippen LogP contribution < -0.4 is 10.1 Å². The van der Waals surface area contributed by atoms with Gasteiger partial charge in [0.05, 0.1) is 19.3 Å². The average Bonchev–Trinajstić information content (AvgIpc) is 2.88. The first-order valence-electron chi connectivity index (χ1n) is 12.9. The lowest BCUT2D eigenvalue weighted by molar-refractivity contribution is -0.139. The zero-order valence-electron chi connectivity index (χ0n) is 23.5. The molecule has 0 saturated carbocycles. The summed E-state index contributed by atoms with van der Waals surface area (Å²) >= 11 is 0. The van der Waals surface area contributed by atoms with E-state index in [1.165, 1.54) is 7.11 Å². The topological polar surface area (TPSA) is 94.1 Å². The molecule has 0 bridgehead atoms. The second kappa shape index (κ2) is 13.0. The fourth-order valence-corrected chi connectivity index (χ4v) is 3.97. The molecular weight excluding hydrogens is 494 g/mol. The third-order valence-corrected chi connectivity index (χ3v) is 5.85. The van der Waals surface area contributed by atoms with Gasteiger partial charge in [0, 0.05) is 24.1 Å². The first kappa shape index (κ1) is 29.3. The molecule has 0 spiro atoms. The van der Waals surface area contributed by atoms with Crippen LogP contribution in [-0.2, 0) is 27.2 Å². The lowest BCUT2D eigenvalue weighted by Crippen LogP contribution is -2.32. The molecular formula is C32H37NO6. The SMILES string of the molecule is CC/C(=C\C(=C(/C)O)c1cccc(CNC(=O)OC(C)(C)C)c1)Oc1cc2ccccc2cc1CC(=O)OC. The third-order valence-electron chi connectivity index (χ3n) is 5.85. The molecule has 0 aromatic heterocycles. The van der Waals surface area contributed by atoms with Crippen LogP contribution in [-0.4, -0.2) is 29.9 Å². The normalized spacial score (nSPS) is 12.5. The van der Waals surface area contributed by atoms with Gasteiger partial charge in [-0.25, -0.2) is 4.79 Å². The Morgan fingerprint density at radius 2 is 1.69 bits per heavy atom. The summed E-state index contributed by atoms with van der Waals surface area (Å²) in [5, 5.41) is 15.3. The standard InChI is InChI=1S/C32H37NO6/c1-7-27(38-29-17-24-13-9-8-12-23(24)16-26(29)18-30(35)37-6)19-28(21(2)34)25-14-10-11-22(15-25)20-33-31(36)39-32(3,4)5/h8-17,19,34H,7,18,20H2,1-6H3,(H,33,36)/b27-19+,28-21-. The molecule has 0 aliphatic carbocycles. The van der Waals surface area contributed by atoms with Crippen molar-refractivity contribution in [1.29, 1.82) is 0 Å². The molecule has 0 aliphatic heterocycles. The number of carbonyl (C=O) groups is 2. The highest BCUT2D eigenvalue weighted by Crippen LogP contribution is 2.30. The number of allylic oxidation sites excluding steroid dienone is 4. The van der Waals surface area contributed by atoms with Crippen molar-refractivity contribution in [3.8, 4) is 5.75 Å². The number of rotatable bonds is 9. The van der Waals surface area contributed by atoms with E-state index in [1.54, 1.807) is 13.0 Å². The molecule has 206 valence electrons. The van der Waals surface area contributed by atoms with Gasteiger partial charge in [-0.1, -0.05) is 49.4 Å². The van der Waals surface area contributed by atoms with Crippen LogP contribution in [0.25, 0.3) is 16.3 Å². The van der Waals surface area contributed by atoms with E-state index in [4.69, 9.17) is 14.2 Å². The predicted octanol–water partition coefficient (Wildman–Crippen LogP) is 7.24. The lowest BCUT2D eigenvalue weighted by Gasteiger charge is -2.19. The molecule has 3 aromatic carbocycles. The minimum atomic E-state index is -0.584. The van der Waals surface area contributed by atoms with Crippen LogP contribution in [0.3, 0.4) is 0 Å². The van der Waals surface area contributed by atoms with Crippen molar-refractivity contribution in [2.24, 2.45) is 0 Å². The maximum Gasteiger partial charge on any atom is 0.407 e. The largest absolute Gasteiger partial charge is 0.512 e. The van der Waals surface area contributed by atoms with Crippen molar-refractivity contribution in [3.63, 3.8) is 0 Å². The predicted molar refractivity (Wildman–Crippen MR) is 153 cm³/mol. The van der Waals surface area contributed by atoms with Crippen molar-refractivity contribution < 1.29 is 28.9 Å². The highest BCUT2D eigenvalue weighted by molar-refractivity contribution is 5.87. The van der Waals surface area contributed by atoms with Crippen molar-refractivity contribution in [1.82, 2.24) is 5.32 Å². The fourth-order valence-electron chi connectivity index (χ4n) is 3.97. The van der Waals surface area contributed by atoms with Crippen LogP contribution in [0.5, 0.6) is 5.75 Å². The fraction of sp³-hybridized carbons (Fsp3) is 0.312. The molecule has 1 amide bonds. The van der Waals surface area contributed by atoms with Gasteiger partial charge in [-0.3, -0.25) is 4.79 Å². The number of esters is 1. The molecule has 39 heavy (non-hydrogen) atoms. The molecule has 2 N–H and O–H groups in total. The van der Waals surface area contributed by atoms with Crippen molar-refractivity contribution >= 4 is 28.4 Å². The number of ether oxygens (including phenoxy) is 3. The van der Waals surface area contributed by atoms with Crippen molar-refractivity contribution in [2.75, 3.05) is 7.11 Å². The van der Waals surface area contributed by atoms with E-state index in [0.29, 0.717) is 29.1 Å². The van der Waals surface area contributed by atoms with E-state index in [-0.39, 0.29) is 24.7 Å². The van der Waals surface area contributed by atoms with Crippen LogP contribution in [0.15, 0.2) is 78.3 Å². The number of fused-ring (bicyclic) bond motifs is 1. The second-order valence-corrected chi connectivity index (χ2v) is 10.2. The van der Waals surface area contributed by atoms with Crippen molar-refractivity contribution in [2.45, 2.75) is 59.6 Å². The summed E-state index contributed by atoms with van der Waals surface area (Å²) in [5.74, 6) is 0.922. The number of benzene rings is 3. The summed E-state index contributed by atoms with van der Waals surface area (Å²) in [7, 11) is 1.36. The van der Waals surface area contributed by atoms with Gasteiger partial charge >= 0.3 is 12.1 Å². The first-order chi connectivity index (χ1) is 18.5. The molecule has 0 aliphatic rings. The van der Waals surface area contributed by atoms with E-state index < -0.39 is 11.7 Å². The van der Waals surface area contributed by atoms with Gasteiger partial charge in [-0.2, -0.15) is 0 Å². The number of hydrogen-bond donors (Lipinski definition) is 2. The van der Waals surface area contributed by atoms with Gasteiger partial charge < -0.3 is 24.6 Å². The Bertz CT molecular complexity index is 1390. The number of hydrogen-bond acceptors (Lipinski definition) is 6. The molecule has 0 radical (unpaired) electrons. The van der Waals surface area contributed by atoms with Gasteiger partial charge in [0.15, 0.2) is 0 Å². The Morgan fingerprint density at radius 1 is 1.00 bits per heavy atom. The lowest BCUT2D eigenvalue weighted by atomic mass is 10.0. The summed E-state index contributed by atoms with van der Waals surface area (Å²) in [6.07, 6.45) is 1.91. The van der Waals surface area contributed by atoms with Crippen LogP contribution in [0.1, 0.15) is 57.7 Å². The van der Waals surface area contributed by atoms with Gasteiger partial charge in [-0.15, -0.1) is 0 Å². The molecule has 0 unspecified atom stereocenters. The minimum Gasteiger partial charge on any atom is -0.512 e. The van der Waals surface area contributed by atoms with Gasteiger partial charge in [-0.05, 0) is 73.9 Å². The molecule has 7 nitrogen and oxygen atoms in total. The molecule has 0 fully saturated rings. The molecule has 0 saturated heterocycles. The van der Waals surface area contributed by atoms with E-state index in [9.17, 15) is 14.7 Å². The Hall–Kier alpha value is -4.26. The van der Waals surface area contributed by atoms with E-state index >= 15 is 0 Å². The number of aliphatic hydroxyl groups excluding tert-OH is 1. The minimum absolute atomic E-state index is 0.0715. The third kappa shape index (κ3) is 8.64. The Morgan fingerprint density at radius 3 is 2.31 bits per heavy atom. The summed E-state index contributed by atoms with van der Waals surface area (Å²) in [5.41, 5.74) is 2.32. The van der Waals surface area contributed by atoms with Gasteiger partial charge in [0.25, 0.3) is 0 Å². The second-order valence-electron chi connectivity index (χ2n) is 10.2. The zero-order valence-corrected chi connectivity index (χ0v) is 23.5. The number of alkyl carbamates (subject to hydrolysis) is 1. The van der Waals surface area contributed by atoms with Crippen molar-refractivity contribution in [3.05, 3.63) is 94.9 Å². The summed E-state index contributed by atoms with van der Waals surface area (Å²) < 4.78 is 16.5. The summed E-state index contributed by atoms with van der Waals surface area (Å²) in [6.45, 7) is 9.27. The maximum atomic E-state index is 12.1. The number of methoxy groups -OCH3 is 1. The highest BCUT2D eigenvalue weighted by atomic mass is 16.6. The van der Waals surface area contributed by atoms with Crippen LogP contribution in [0.2, 0.25) is 0 Å².